The molecule has 4 heteroatoms. The van der Waals surface area contributed by atoms with E-state index >= 15 is 0 Å². The standard InChI is InChI=1S/C22H21NO3/c1-14-4-3-5-16(12-14)20-13-19(25)21-18(24)7-6-17(22(21)26-20)15-8-10-23(2)11-9-15/h3-8,12-13,24H,9-11H2,1-2H3. The molecule has 2 aromatic carbocycles. The molecule has 1 aromatic heterocycles. The molecule has 132 valence electrons. The van der Waals surface area contributed by atoms with E-state index in [2.05, 4.69) is 18.0 Å². The normalized spacial score (nSPS) is 15.2. The first-order chi connectivity index (χ1) is 12.5. The summed E-state index contributed by atoms with van der Waals surface area (Å²) in [5, 5.41) is 10.5. The number of hydrogen-bond acceptors (Lipinski definition) is 4. The van der Waals surface area contributed by atoms with Gasteiger partial charge in [-0.25, -0.2) is 0 Å². The van der Waals surface area contributed by atoms with Gasteiger partial charge in [-0.15, -0.1) is 0 Å². The van der Waals surface area contributed by atoms with Gasteiger partial charge in [-0.1, -0.05) is 29.8 Å². The van der Waals surface area contributed by atoms with Crippen LogP contribution in [0.15, 0.2) is 57.8 Å². The largest absolute Gasteiger partial charge is 0.507 e. The zero-order valence-corrected chi connectivity index (χ0v) is 15.0. The highest BCUT2D eigenvalue weighted by atomic mass is 16.3. The smallest absolute Gasteiger partial charge is 0.197 e. The lowest BCUT2D eigenvalue weighted by Gasteiger charge is -2.22. The highest BCUT2D eigenvalue weighted by molar-refractivity contribution is 5.94. The van der Waals surface area contributed by atoms with Crippen LogP contribution in [0.2, 0.25) is 0 Å². The van der Waals surface area contributed by atoms with Crippen molar-refractivity contribution in [2.24, 2.45) is 0 Å². The van der Waals surface area contributed by atoms with Crippen LogP contribution in [0.1, 0.15) is 17.5 Å². The highest BCUT2D eigenvalue weighted by Gasteiger charge is 2.18. The molecule has 0 bridgehead atoms. The first-order valence-electron chi connectivity index (χ1n) is 8.78. The number of hydrogen-bond donors (Lipinski definition) is 1. The quantitative estimate of drug-likeness (QED) is 0.755. The van der Waals surface area contributed by atoms with Gasteiger partial charge in [0.2, 0.25) is 0 Å². The minimum absolute atomic E-state index is 0.0400. The number of aromatic hydroxyl groups is 1. The van der Waals surface area contributed by atoms with E-state index in [1.54, 1.807) is 6.07 Å². The van der Waals surface area contributed by atoms with Gasteiger partial charge < -0.3 is 14.4 Å². The summed E-state index contributed by atoms with van der Waals surface area (Å²) in [6, 6.07) is 12.7. The Balaban J connectivity index is 1.97. The van der Waals surface area contributed by atoms with Gasteiger partial charge in [0.1, 0.15) is 22.5 Å². The van der Waals surface area contributed by atoms with Crippen LogP contribution in [-0.2, 0) is 0 Å². The third-order valence-corrected chi connectivity index (χ3v) is 4.92. The first kappa shape index (κ1) is 16.6. The summed E-state index contributed by atoms with van der Waals surface area (Å²) < 4.78 is 6.16. The van der Waals surface area contributed by atoms with Crippen molar-refractivity contribution in [1.29, 1.82) is 0 Å². The van der Waals surface area contributed by atoms with Crippen LogP contribution in [0, 0.1) is 6.92 Å². The maximum absolute atomic E-state index is 12.7. The second kappa shape index (κ2) is 6.46. The van der Waals surface area contributed by atoms with Crippen LogP contribution in [0.25, 0.3) is 27.9 Å². The monoisotopic (exact) mass is 347 g/mol. The van der Waals surface area contributed by atoms with Crippen molar-refractivity contribution in [3.8, 4) is 17.1 Å². The summed E-state index contributed by atoms with van der Waals surface area (Å²) in [5.74, 6) is 0.480. The molecule has 1 N–H and O–H groups in total. The fraction of sp³-hybridized carbons (Fsp3) is 0.227. The van der Waals surface area contributed by atoms with Crippen molar-refractivity contribution in [2.45, 2.75) is 13.3 Å². The molecule has 0 spiro atoms. The fourth-order valence-corrected chi connectivity index (χ4v) is 3.46. The third kappa shape index (κ3) is 2.93. The molecule has 0 atom stereocenters. The summed E-state index contributed by atoms with van der Waals surface area (Å²) in [6.07, 6.45) is 3.05. The van der Waals surface area contributed by atoms with E-state index in [0.29, 0.717) is 11.3 Å². The molecule has 0 radical (unpaired) electrons. The van der Waals surface area contributed by atoms with Gasteiger partial charge in [0, 0.05) is 30.3 Å². The topological polar surface area (TPSA) is 53.7 Å². The maximum atomic E-state index is 12.7. The van der Waals surface area contributed by atoms with E-state index < -0.39 is 0 Å². The predicted molar refractivity (Wildman–Crippen MR) is 104 cm³/mol. The second-order valence-electron chi connectivity index (χ2n) is 6.92. The second-order valence-corrected chi connectivity index (χ2v) is 6.92. The molecular weight excluding hydrogens is 326 g/mol. The molecule has 1 aliphatic heterocycles. The lowest BCUT2D eigenvalue weighted by atomic mass is 9.97. The Labute approximate surface area is 152 Å². The molecule has 3 aromatic rings. The van der Waals surface area contributed by atoms with Crippen LogP contribution in [-0.4, -0.2) is 30.1 Å². The van der Waals surface area contributed by atoms with E-state index in [4.69, 9.17) is 4.42 Å². The van der Waals surface area contributed by atoms with Crippen LogP contribution in [0.4, 0.5) is 0 Å². The van der Waals surface area contributed by atoms with Crippen molar-refractivity contribution < 1.29 is 9.52 Å². The van der Waals surface area contributed by atoms with Gasteiger partial charge in [0.25, 0.3) is 0 Å². The molecule has 26 heavy (non-hydrogen) atoms. The maximum Gasteiger partial charge on any atom is 0.197 e. The Bertz CT molecular complexity index is 1080. The Kier molecular flexibility index (Phi) is 4.13. The van der Waals surface area contributed by atoms with E-state index in [-0.39, 0.29) is 16.6 Å². The van der Waals surface area contributed by atoms with Crippen molar-refractivity contribution in [1.82, 2.24) is 4.90 Å². The first-order valence-corrected chi connectivity index (χ1v) is 8.78. The molecule has 4 rings (SSSR count). The van der Waals surface area contributed by atoms with E-state index in [0.717, 1.165) is 41.8 Å². The summed E-state index contributed by atoms with van der Waals surface area (Å²) in [5.41, 5.74) is 4.23. The minimum Gasteiger partial charge on any atom is -0.507 e. The van der Waals surface area contributed by atoms with Crippen LogP contribution < -0.4 is 5.43 Å². The molecule has 4 nitrogen and oxygen atoms in total. The zero-order chi connectivity index (χ0) is 18.3. The Morgan fingerprint density at radius 1 is 1.15 bits per heavy atom. The summed E-state index contributed by atoms with van der Waals surface area (Å²) >= 11 is 0. The van der Waals surface area contributed by atoms with Crippen LogP contribution in [0.3, 0.4) is 0 Å². The Morgan fingerprint density at radius 3 is 2.73 bits per heavy atom. The molecular formula is C22H21NO3. The third-order valence-electron chi connectivity index (χ3n) is 4.92. The number of likely N-dealkylation sites (N-methyl/N-ethyl adjacent to an activating group) is 1. The zero-order valence-electron chi connectivity index (χ0n) is 15.0. The molecule has 0 amide bonds. The fourth-order valence-electron chi connectivity index (χ4n) is 3.46. The summed E-state index contributed by atoms with van der Waals surface area (Å²) in [6.45, 7) is 3.82. The van der Waals surface area contributed by atoms with Crippen molar-refractivity contribution >= 4 is 16.5 Å². The Morgan fingerprint density at radius 2 is 2.00 bits per heavy atom. The molecule has 0 fully saturated rings. The van der Waals surface area contributed by atoms with E-state index in [9.17, 15) is 9.90 Å². The number of phenolic OH excluding ortho intramolecular Hbond substituents is 1. The van der Waals surface area contributed by atoms with E-state index in [1.165, 1.54) is 6.07 Å². The van der Waals surface area contributed by atoms with E-state index in [1.807, 2.05) is 37.3 Å². The molecule has 1 aliphatic rings. The molecule has 0 saturated heterocycles. The molecule has 0 unspecified atom stereocenters. The highest BCUT2D eigenvalue weighted by Crippen LogP contribution is 2.34. The lowest BCUT2D eigenvalue weighted by molar-refractivity contribution is 0.370. The number of phenols is 1. The average Bonchev–Trinajstić information content (AvgIpc) is 2.62. The number of aryl methyl sites for hydroxylation is 1. The average molecular weight is 347 g/mol. The van der Waals surface area contributed by atoms with Gasteiger partial charge in [0.15, 0.2) is 5.43 Å². The molecule has 2 heterocycles. The van der Waals surface area contributed by atoms with Gasteiger partial charge in [-0.3, -0.25) is 4.79 Å². The molecule has 0 aliphatic carbocycles. The van der Waals surface area contributed by atoms with Crippen LogP contribution >= 0.6 is 0 Å². The van der Waals surface area contributed by atoms with Crippen LogP contribution in [0.5, 0.6) is 5.75 Å². The van der Waals surface area contributed by atoms with Gasteiger partial charge in [-0.05, 0) is 44.2 Å². The number of rotatable bonds is 2. The van der Waals surface area contributed by atoms with Gasteiger partial charge in [0.05, 0.1) is 0 Å². The summed E-state index contributed by atoms with van der Waals surface area (Å²) in [4.78, 5) is 15.0. The predicted octanol–water partition coefficient (Wildman–Crippen LogP) is 4.19. The minimum atomic E-state index is -0.226. The van der Waals surface area contributed by atoms with Crippen molar-refractivity contribution in [3.63, 3.8) is 0 Å². The van der Waals surface area contributed by atoms with Crippen molar-refractivity contribution in [3.05, 3.63) is 69.9 Å². The number of nitrogens with zero attached hydrogens (tertiary/aromatic N) is 1. The number of fused-ring (bicyclic) bond motifs is 1. The van der Waals surface area contributed by atoms with Gasteiger partial charge >= 0.3 is 0 Å². The molecule has 0 saturated carbocycles. The Hall–Kier alpha value is -2.85. The number of benzene rings is 2. The lowest BCUT2D eigenvalue weighted by Crippen LogP contribution is -2.23. The van der Waals surface area contributed by atoms with Gasteiger partial charge in [-0.2, -0.15) is 0 Å². The SMILES string of the molecule is Cc1cccc(-c2cc(=O)c3c(O)ccc(C4=CCN(C)CC4)c3o2)c1. The van der Waals surface area contributed by atoms with Crippen molar-refractivity contribution in [2.75, 3.05) is 20.1 Å². The summed E-state index contributed by atoms with van der Waals surface area (Å²) in [7, 11) is 2.08.